The van der Waals surface area contributed by atoms with Gasteiger partial charge in [-0.05, 0) is 44.9 Å². The van der Waals surface area contributed by atoms with Crippen LogP contribution in [-0.2, 0) is 14.3 Å². The molecule has 0 aromatic rings. The molecule has 1 atom stereocenters. The van der Waals surface area contributed by atoms with Crippen molar-refractivity contribution in [3.05, 3.63) is 0 Å². The highest BCUT2D eigenvalue weighted by molar-refractivity contribution is 5.73. The first-order valence-corrected chi connectivity index (χ1v) is 6.78. The third kappa shape index (κ3) is 3.68. The van der Waals surface area contributed by atoms with Gasteiger partial charge in [0.25, 0.3) is 0 Å². The number of nitrogens with one attached hydrogen (secondary N) is 1. The maximum Gasteiger partial charge on any atom is 0.219 e. The van der Waals surface area contributed by atoms with Gasteiger partial charge in [0.15, 0.2) is 6.29 Å². The molecule has 0 aromatic heterocycles. The quantitative estimate of drug-likeness (QED) is 0.771. The molecule has 0 bridgehead atoms. The van der Waals surface area contributed by atoms with E-state index < -0.39 is 5.72 Å². The molecule has 1 saturated heterocycles. The molecule has 98 valence electrons. The summed E-state index contributed by atoms with van der Waals surface area (Å²) in [4.78, 5) is 11.3. The summed E-state index contributed by atoms with van der Waals surface area (Å²) in [5.74, 6) is -0.0114. The number of carbonyl (C=O) groups is 1. The van der Waals surface area contributed by atoms with Gasteiger partial charge in [-0.25, -0.2) is 0 Å². The summed E-state index contributed by atoms with van der Waals surface area (Å²) < 4.78 is 11.7. The van der Waals surface area contributed by atoms with Crippen molar-refractivity contribution >= 4 is 5.91 Å². The number of hydrogen-bond acceptors (Lipinski definition) is 3. The molecule has 1 aliphatic carbocycles. The molecule has 1 heterocycles. The van der Waals surface area contributed by atoms with Crippen molar-refractivity contribution in [3.63, 3.8) is 0 Å². The van der Waals surface area contributed by atoms with Gasteiger partial charge in [-0.2, -0.15) is 0 Å². The largest absolute Gasteiger partial charge is 0.353 e. The van der Waals surface area contributed by atoms with Crippen molar-refractivity contribution in [2.24, 2.45) is 0 Å². The van der Waals surface area contributed by atoms with Crippen LogP contribution in [0.3, 0.4) is 0 Å². The normalized spacial score (nSPS) is 28.6. The van der Waals surface area contributed by atoms with Crippen molar-refractivity contribution in [2.75, 3.05) is 6.61 Å². The molecule has 1 amide bonds. The summed E-state index contributed by atoms with van der Waals surface area (Å²) in [5.41, 5.74) is -0.466. The lowest BCUT2D eigenvalue weighted by Crippen LogP contribution is -2.53. The number of carbonyl (C=O) groups excluding carboxylic acids is 1. The Bertz CT molecular complexity index is 255. The van der Waals surface area contributed by atoms with Gasteiger partial charge < -0.3 is 14.8 Å². The molecule has 2 aliphatic rings. The highest BCUT2D eigenvalue weighted by atomic mass is 16.7. The van der Waals surface area contributed by atoms with Crippen molar-refractivity contribution < 1.29 is 14.3 Å². The zero-order valence-electron chi connectivity index (χ0n) is 10.7. The Labute approximate surface area is 103 Å². The van der Waals surface area contributed by atoms with Gasteiger partial charge in [0.2, 0.25) is 5.91 Å². The minimum Gasteiger partial charge on any atom is -0.353 e. The minimum absolute atomic E-state index is 0.0114. The van der Waals surface area contributed by atoms with Crippen LogP contribution in [0.1, 0.15) is 58.3 Å². The summed E-state index contributed by atoms with van der Waals surface area (Å²) in [5, 5.41) is 3.00. The third-order valence-electron chi connectivity index (χ3n) is 3.56. The van der Waals surface area contributed by atoms with E-state index in [1.54, 1.807) is 6.92 Å². The van der Waals surface area contributed by atoms with Gasteiger partial charge >= 0.3 is 0 Å². The fraction of sp³-hybridized carbons (Fsp3) is 0.923. The first-order chi connectivity index (χ1) is 8.20. The summed E-state index contributed by atoms with van der Waals surface area (Å²) in [7, 11) is 0. The van der Waals surface area contributed by atoms with E-state index in [0.717, 1.165) is 51.6 Å². The van der Waals surface area contributed by atoms with Crippen LogP contribution >= 0.6 is 0 Å². The van der Waals surface area contributed by atoms with Crippen molar-refractivity contribution in [2.45, 2.75) is 70.3 Å². The second-order valence-electron chi connectivity index (χ2n) is 5.15. The lowest BCUT2D eigenvalue weighted by Gasteiger charge is -2.41. The van der Waals surface area contributed by atoms with Crippen LogP contribution in [0.4, 0.5) is 0 Å². The van der Waals surface area contributed by atoms with Gasteiger partial charge in [-0.1, -0.05) is 6.42 Å². The molecule has 17 heavy (non-hydrogen) atoms. The number of amides is 1. The number of ether oxygens (including phenoxy) is 2. The summed E-state index contributed by atoms with van der Waals surface area (Å²) in [6.07, 6.45) is 8.37. The van der Waals surface area contributed by atoms with E-state index in [1.165, 1.54) is 6.42 Å². The highest BCUT2D eigenvalue weighted by Crippen LogP contribution is 2.32. The smallest absolute Gasteiger partial charge is 0.219 e. The molecule has 1 aliphatic heterocycles. The first kappa shape index (κ1) is 12.8. The fourth-order valence-electron chi connectivity index (χ4n) is 2.77. The SMILES string of the molecule is CC(=O)NC1(OC2CCCCO2)CCCCC1. The van der Waals surface area contributed by atoms with Crippen LogP contribution in [0.15, 0.2) is 0 Å². The highest BCUT2D eigenvalue weighted by Gasteiger charge is 2.36. The van der Waals surface area contributed by atoms with E-state index >= 15 is 0 Å². The summed E-state index contributed by atoms with van der Waals surface area (Å²) in [6.45, 7) is 2.34. The van der Waals surface area contributed by atoms with E-state index in [0.29, 0.717) is 0 Å². The monoisotopic (exact) mass is 241 g/mol. The average molecular weight is 241 g/mol. The van der Waals surface area contributed by atoms with Crippen LogP contribution in [0, 0.1) is 0 Å². The van der Waals surface area contributed by atoms with E-state index in [2.05, 4.69) is 5.32 Å². The van der Waals surface area contributed by atoms with E-state index in [1.807, 2.05) is 0 Å². The van der Waals surface area contributed by atoms with Gasteiger partial charge in [0, 0.05) is 13.5 Å². The van der Waals surface area contributed by atoms with Crippen LogP contribution in [0.5, 0.6) is 0 Å². The molecule has 4 nitrogen and oxygen atoms in total. The van der Waals surface area contributed by atoms with Crippen LogP contribution < -0.4 is 5.32 Å². The average Bonchev–Trinajstić information content (AvgIpc) is 2.30. The lowest BCUT2D eigenvalue weighted by atomic mass is 9.91. The Morgan fingerprint density at radius 1 is 1.24 bits per heavy atom. The maximum atomic E-state index is 11.3. The van der Waals surface area contributed by atoms with E-state index in [4.69, 9.17) is 9.47 Å². The van der Waals surface area contributed by atoms with Crippen molar-refractivity contribution in [3.8, 4) is 0 Å². The Morgan fingerprint density at radius 3 is 2.59 bits per heavy atom. The maximum absolute atomic E-state index is 11.3. The second kappa shape index (κ2) is 5.83. The topological polar surface area (TPSA) is 47.6 Å². The predicted octanol–water partition coefficient (Wildman–Crippen LogP) is 2.33. The lowest BCUT2D eigenvalue weighted by molar-refractivity contribution is -0.241. The number of rotatable bonds is 3. The molecule has 1 unspecified atom stereocenters. The summed E-state index contributed by atoms with van der Waals surface area (Å²) in [6, 6.07) is 0. The van der Waals surface area contributed by atoms with Gasteiger partial charge in [-0.3, -0.25) is 4.79 Å². The van der Waals surface area contributed by atoms with Crippen LogP contribution in [0.2, 0.25) is 0 Å². The van der Waals surface area contributed by atoms with Crippen molar-refractivity contribution in [1.29, 1.82) is 0 Å². The standard InChI is InChI=1S/C13H23NO3/c1-11(15)14-13(8-4-2-5-9-13)17-12-7-3-6-10-16-12/h12H,2-10H2,1H3,(H,14,15). The third-order valence-corrected chi connectivity index (χ3v) is 3.56. The molecule has 1 N–H and O–H groups in total. The molecular formula is C13H23NO3. The molecule has 1 saturated carbocycles. The molecule has 0 radical (unpaired) electrons. The zero-order chi connectivity index (χ0) is 12.1. The molecule has 2 rings (SSSR count). The predicted molar refractivity (Wildman–Crippen MR) is 64.3 cm³/mol. The number of hydrogen-bond donors (Lipinski definition) is 1. The molecular weight excluding hydrogens is 218 g/mol. The van der Waals surface area contributed by atoms with E-state index in [9.17, 15) is 4.79 Å². The minimum atomic E-state index is -0.466. The second-order valence-corrected chi connectivity index (χ2v) is 5.15. The summed E-state index contributed by atoms with van der Waals surface area (Å²) >= 11 is 0. The van der Waals surface area contributed by atoms with Gasteiger partial charge in [0.05, 0.1) is 0 Å². The zero-order valence-corrected chi connectivity index (χ0v) is 10.7. The molecule has 4 heteroatoms. The Balaban J connectivity index is 1.95. The van der Waals surface area contributed by atoms with Crippen LogP contribution in [0.25, 0.3) is 0 Å². The van der Waals surface area contributed by atoms with E-state index in [-0.39, 0.29) is 12.2 Å². The Hall–Kier alpha value is -0.610. The van der Waals surface area contributed by atoms with Crippen molar-refractivity contribution in [1.82, 2.24) is 5.32 Å². The fourth-order valence-corrected chi connectivity index (χ4v) is 2.77. The first-order valence-electron chi connectivity index (χ1n) is 6.78. The Morgan fingerprint density at radius 2 is 2.00 bits per heavy atom. The van der Waals surface area contributed by atoms with Gasteiger partial charge in [0.1, 0.15) is 5.72 Å². The van der Waals surface area contributed by atoms with Crippen LogP contribution in [-0.4, -0.2) is 24.5 Å². The van der Waals surface area contributed by atoms with Gasteiger partial charge in [-0.15, -0.1) is 0 Å². The Kier molecular flexibility index (Phi) is 4.40. The molecule has 0 spiro atoms. The molecule has 2 fully saturated rings. The molecule has 0 aromatic carbocycles.